The molecule has 0 bridgehead atoms. The fourth-order valence-electron chi connectivity index (χ4n) is 3.73. The Balaban J connectivity index is 1.56. The molecule has 1 aromatic rings. The molecule has 5 nitrogen and oxygen atoms in total. The van der Waals surface area contributed by atoms with Gasteiger partial charge in [0.25, 0.3) is 0 Å². The van der Waals surface area contributed by atoms with Crippen LogP contribution in [0.1, 0.15) is 26.2 Å². The zero-order valence-corrected chi connectivity index (χ0v) is 16.9. The highest BCUT2D eigenvalue weighted by Gasteiger charge is 2.25. The van der Waals surface area contributed by atoms with Gasteiger partial charge in [0, 0.05) is 36.2 Å². The van der Waals surface area contributed by atoms with Crippen LogP contribution in [-0.2, 0) is 0 Å². The normalized spacial score (nSPS) is 24.8. The zero-order chi connectivity index (χ0) is 17.6. The maximum absolute atomic E-state index is 4.85. The third kappa shape index (κ3) is 4.88. The molecule has 2 heterocycles. The average Bonchev–Trinajstić information content (AvgIpc) is 3.22. The molecule has 2 unspecified atom stereocenters. The van der Waals surface area contributed by atoms with Crippen molar-refractivity contribution in [2.75, 3.05) is 44.7 Å². The van der Waals surface area contributed by atoms with Crippen LogP contribution in [0.2, 0.25) is 0 Å². The number of nitrogens with zero attached hydrogens (tertiary/aromatic N) is 3. The lowest BCUT2D eigenvalue weighted by atomic mass is 10.2. The number of rotatable bonds is 5. The minimum absolute atomic E-state index is 0.436. The highest BCUT2D eigenvalue weighted by Crippen LogP contribution is 2.28. The van der Waals surface area contributed by atoms with E-state index in [0.29, 0.717) is 12.1 Å². The van der Waals surface area contributed by atoms with Crippen molar-refractivity contribution in [3.05, 3.63) is 28.7 Å². The Labute approximate surface area is 160 Å². The predicted octanol–water partition coefficient (Wildman–Crippen LogP) is 2.68. The lowest BCUT2D eigenvalue weighted by Gasteiger charge is -2.22. The number of anilines is 1. The van der Waals surface area contributed by atoms with Crippen LogP contribution in [0.3, 0.4) is 0 Å². The molecule has 2 aliphatic heterocycles. The monoisotopic (exact) mass is 407 g/mol. The van der Waals surface area contributed by atoms with E-state index >= 15 is 0 Å². The van der Waals surface area contributed by atoms with Gasteiger partial charge >= 0.3 is 0 Å². The first kappa shape index (κ1) is 18.5. The molecule has 0 amide bonds. The molecule has 2 fully saturated rings. The van der Waals surface area contributed by atoms with Crippen molar-refractivity contribution < 1.29 is 0 Å². The Morgan fingerprint density at radius 2 is 2.12 bits per heavy atom. The smallest absolute Gasteiger partial charge is 0.191 e. The third-order valence-corrected chi connectivity index (χ3v) is 5.87. The summed E-state index contributed by atoms with van der Waals surface area (Å²) in [5.41, 5.74) is 1.28. The number of nitrogens with one attached hydrogen (secondary N) is 2. The topological polar surface area (TPSA) is 42.9 Å². The molecule has 2 aliphatic rings. The van der Waals surface area contributed by atoms with E-state index in [1.54, 1.807) is 0 Å². The van der Waals surface area contributed by atoms with E-state index < -0.39 is 0 Å². The van der Waals surface area contributed by atoms with Gasteiger partial charge in [0.05, 0.1) is 12.2 Å². The summed E-state index contributed by atoms with van der Waals surface area (Å²) in [6.07, 6.45) is 3.69. The van der Waals surface area contributed by atoms with Crippen LogP contribution in [0.4, 0.5) is 5.69 Å². The Morgan fingerprint density at radius 1 is 1.28 bits per heavy atom. The molecule has 0 saturated carbocycles. The van der Waals surface area contributed by atoms with E-state index in [-0.39, 0.29) is 0 Å². The quantitative estimate of drug-likeness (QED) is 0.581. The molecule has 1 aromatic carbocycles. The Morgan fingerprint density at radius 3 is 2.84 bits per heavy atom. The average molecular weight is 408 g/mol. The van der Waals surface area contributed by atoms with Crippen LogP contribution in [0.5, 0.6) is 0 Å². The minimum Gasteiger partial charge on any atom is -0.368 e. The van der Waals surface area contributed by atoms with Gasteiger partial charge in [0.1, 0.15) is 0 Å². The van der Waals surface area contributed by atoms with Gasteiger partial charge in [-0.2, -0.15) is 0 Å². The molecule has 138 valence electrons. The van der Waals surface area contributed by atoms with Crippen LogP contribution >= 0.6 is 15.9 Å². The van der Waals surface area contributed by atoms with Crippen molar-refractivity contribution in [3.8, 4) is 0 Å². The molecule has 6 heteroatoms. The standard InChI is InChI=1S/C19H30BrN5/c1-3-21-19(22-13-16-7-6-11-24(16)2)23-15-10-12-25(14-15)18-9-5-4-8-17(18)20/h4-5,8-9,15-16H,3,6-7,10-14H2,1-2H3,(H2,21,22,23). The molecular formula is C19H30BrN5. The highest BCUT2D eigenvalue weighted by atomic mass is 79.9. The number of guanidine groups is 1. The predicted molar refractivity (Wildman–Crippen MR) is 110 cm³/mol. The van der Waals surface area contributed by atoms with Gasteiger partial charge in [-0.3, -0.25) is 4.99 Å². The number of halogens is 1. The van der Waals surface area contributed by atoms with E-state index in [9.17, 15) is 0 Å². The lowest BCUT2D eigenvalue weighted by Crippen LogP contribution is -2.45. The summed E-state index contributed by atoms with van der Waals surface area (Å²) in [5, 5.41) is 7.05. The number of likely N-dealkylation sites (N-methyl/N-ethyl adjacent to an activating group) is 1. The summed E-state index contributed by atoms with van der Waals surface area (Å²) in [7, 11) is 2.21. The molecule has 2 atom stereocenters. The van der Waals surface area contributed by atoms with E-state index in [1.807, 2.05) is 0 Å². The van der Waals surface area contributed by atoms with Crippen LogP contribution in [0, 0.1) is 0 Å². The van der Waals surface area contributed by atoms with Crippen molar-refractivity contribution in [1.82, 2.24) is 15.5 Å². The number of hydrogen-bond acceptors (Lipinski definition) is 3. The van der Waals surface area contributed by atoms with Gasteiger partial charge < -0.3 is 20.4 Å². The second-order valence-corrected chi connectivity index (χ2v) is 7.88. The van der Waals surface area contributed by atoms with Crippen molar-refractivity contribution >= 4 is 27.6 Å². The molecule has 3 rings (SSSR count). The first-order valence-electron chi connectivity index (χ1n) is 9.42. The van der Waals surface area contributed by atoms with Crippen LogP contribution in [-0.4, -0.2) is 62.7 Å². The summed E-state index contributed by atoms with van der Waals surface area (Å²) in [6, 6.07) is 9.49. The Hall–Kier alpha value is -1.27. The highest BCUT2D eigenvalue weighted by molar-refractivity contribution is 9.10. The first-order valence-corrected chi connectivity index (χ1v) is 10.2. The minimum atomic E-state index is 0.436. The van der Waals surface area contributed by atoms with E-state index in [1.165, 1.54) is 29.5 Å². The van der Waals surface area contributed by atoms with E-state index in [2.05, 4.69) is 74.6 Å². The van der Waals surface area contributed by atoms with E-state index in [0.717, 1.165) is 38.6 Å². The Bertz CT molecular complexity index is 591. The summed E-state index contributed by atoms with van der Waals surface area (Å²) in [5.74, 6) is 0.960. The van der Waals surface area contributed by atoms with Gasteiger partial charge in [0.15, 0.2) is 5.96 Å². The van der Waals surface area contributed by atoms with Crippen molar-refractivity contribution in [2.24, 2.45) is 4.99 Å². The first-order chi connectivity index (χ1) is 12.2. The Kier molecular flexibility index (Phi) is 6.59. The molecule has 0 aromatic heterocycles. The van der Waals surface area contributed by atoms with Gasteiger partial charge in [-0.15, -0.1) is 0 Å². The van der Waals surface area contributed by atoms with Gasteiger partial charge in [-0.05, 0) is 67.8 Å². The second kappa shape index (κ2) is 8.90. The molecular weight excluding hydrogens is 378 g/mol. The lowest BCUT2D eigenvalue weighted by molar-refractivity contribution is 0.317. The number of para-hydroxylation sites is 1. The fraction of sp³-hybridized carbons (Fsp3) is 0.632. The summed E-state index contributed by atoms with van der Waals surface area (Å²) >= 11 is 3.67. The summed E-state index contributed by atoms with van der Waals surface area (Å²) in [6.45, 7) is 7.19. The molecule has 2 N–H and O–H groups in total. The van der Waals surface area contributed by atoms with Crippen LogP contribution in [0.15, 0.2) is 33.7 Å². The maximum atomic E-state index is 4.85. The van der Waals surface area contributed by atoms with Gasteiger partial charge in [0.2, 0.25) is 0 Å². The third-order valence-electron chi connectivity index (χ3n) is 5.20. The summed E-state index contributed by atoms with van der Waals surface area (Å²) in [4.78, 5) is 9.72. The molecule has 0 spiro atoms. The molecule has 25 heavy (non-hydrogen) atoms. The molecule has 0 aliphatic carbocycles. The number of likely N-dealkylation sites (tertiary alicyclic amines) is 1. The number of aliphatic imine (C=N–C) groups is 1. The van der Waals surface area contributed by atoms with Crippen molar-refractivity contribution in [3.63, 3.8) is 0 Å². The molecule has 0 radical (unpaired) electrons. The van der Waals surface area contributed by atoms with Crippen LogP contribution in [0.25, 0.3) is 0 Å². The van der Waals surface area contributed by atoms with Gasteiger partial charge in [-0.1, -0.05) is 12.1 Å². The zero-order valence-electron chi connectivity index (χ0n) is 15.3. The number of benzene rings is 1. The number of hydrogen-bond donors (Lipinski definition) is 2. The maximum Gasteiger partial charge on any atom is 0.191 e. The van der Waals surface area contributed by atoms with Gasteiger partial charge in [-0.25, -0.2) is 0 Å². The summed E-state index contributed by atoms with van der Waals surface area (Å²) < 4.78 is 1.17. The SMILES string of the molecule is CCNC(=NCC1CCCN1C)NC1CCN(c2ccccc2Br)C1. The largest absolute Gasteiger partial charge is 0.368 e. The van der Waals surface area contributed by atoms with Crippen molar-refractivity contribution in [2.45, 2.75) is 38.3 Å². The van der Waals surface area contributed by atoms with E-state index in [4.69, 9.17) is 4.99 Å². The van der Waals surface area contributed by atoms with Crippen LogP contribution < -0.4 is 15.5 Å². The fourth-order valence-corrected chi connectivity index (χ4v) is 4.26. The molecule has 2 saturated heterocycles. The second-order valence-electron chi connectivity index (χ2n) is 7.02. The van der Waals surface area contributed by atoms with Crippen molar-refractivity contribution in [1.29, 1.82) is 0 Å².